The Bertz CT molecular complexity index is 1940. The van der Waals surface area contributed by atoms with Crippen LogP contribution in [-0.4, -0.2) is 115 Å². The van der Waals surface area contributed by atoms with Crippen LogP contribution in [0.1, 0.15) is 92.6 Å². The second-order valence-corrected chi connectivity index (χ2v) is 16.5. The molecule has 4 heterocycles. The van der Waals surface area contributed by atoms with Gasteiger partial charge in [0.15, 0.2) is 5.69 Å². The van der Waals surface area contributed by atoms with Crippen molar-refractivity contribution in [2.75, 3.05) is 70.2 Å². The maximum Gasteiger partial charge on any atom is 0.320 e. The molecule has 2 unspecified atom stereocenters. The smallest absolute Gasteiger partial charge is 0.320 e. The quantitative estimate of drug-likeness (QED) is 0.0520. The van der Waals surface area contributed by atoms with Crippen molar-refractivity contribution in [2.45, 2.75) is 88.6 Å². The Hall–Kier alpha value is -5.57. The molecule has 0 saturated carbocycles. The number of rotatable bonds is 19. The summed E-state index contributed by atoms with van der Waals surface area (Å²) in [6.07, 6.45) is 10.8. The van der Waals surface area contributed by atoms with Crippen molar-refractivity contribution in [1.29, 1.82) is 0 Å². The lowest BCUT2D eigenvalue weighted by Gasteiger charge is -2.32. The summed E-state index contributed by atoms with van der Waals surface area (Å²) in [6, 6.07) is 30.9. The van der Waals surface area contributed by atoms with Gasteiger partial charge in [0, 0.05) is 57.5 Å². The average Bonchev–Trinajstić information content (AvgIpc) is 3.94. The molecule has 2 atom stereocenters. The van der Waals surface area contributed by atoms with Crippen LogP contribution >= 0.6 is 0 Å². The van der Waals surface area contributed by atoms with Gasteiger partial charge < -0.3 is 25.6 Å². The van der Waals surface area contributed by atoms with Gasteiger partial charge in [0.2, 0.25) is 11.8 Å². The minimum atomic E-state index is -0.362. The summed E-state index contributed by atoms with van der Waals surface area (Å²) in [5.74, 6) is 0.291. The lowest BCUT2D eigenvalue weighted by molar-refractivity contribution is -0.133. The second kappa shape index (κ2) is 24.8. The molecule has 3 aromatic carbocycles. The molecular formula is C48H65N9O5. The lowest BCUT2D eigenvalue weighted by atomic mass is 9.89. The number of urea groups is 1. The van der Waals surface area contributed by atoms with E-state index in [1.54, 1.807) is 17.9 Å². The average molecular weight is 848 g/mol. The van der Waals surface area contributed by atoms with Gasteiger partial charge >= 0.3 is 6.03 Å². The number of nitrogens with zero attached hydrogens (tertiary/aromatic N) is 4. The van der Waals surface area contributed by atoms with E-state index in [2.05, 4.69) is 53.6 Å². The zero-order valence-electron chi connectivity index (χ0n) is 36.2. The van der Waals surface area contributed by atoms with Crippen LogP contribution in [0.25, 0.3) is 5.69 Å². The second-order valence-electron chi connectivity index (χ2n) is 16.5. The van der Waals surface area contributed by atoms with Crippen LogP contribution in [0.5, 0.6) is 0 Å². The molecule has 0 aliphatic carbocycles. The van der Waals surface area contributed by atoms with Crippen molar-refractivity contribution in [3.63, 3.8) is 0 Å². The third kappa shape index (κ3) is 14.8. The van der Waals surface area contributed by atoms with Crippen molar-refractivity contribution in [2.24, 2.45) is 0 Å². The first-order chi connectivity index (χ1) is 30.3. The highest BCUT2D eigenvalue weighted by Gasteiger charge is 2.27. The Balaban J connectivity index is 0.000000983. The Labute approximate surface area is 366 Å². The predicted octanol–water partition coefficient (Wildman–Crippen LogP) is 6.57. The van der Waals surface area contributed by atoms with Gasteiger partial charge in [-0.15, -0.1) is 0 Å². The minimum Gasteiger partial charge on any atom is -0.383 e. The summed E-state index contributed by atoms with van der Waals surface area (Å²) in [5.41, 5.74) is 3.28. The monoisotopic (exact) mass is 848 g/mol. The first-order valence-corrected chi connectivity index (χ1v) is 22.5. The minimum absolute atomic E-state index is 0.0444. The van der Waals surface area contributed by atoms with Crippen LogP contribution in [0.2, 0.25) is 0 Å². The predicted molar refractivity (Wildman–Crippen MR) is 244 cm³/mol. The van der Waals surface area contributed by atoms with E-state index in [-0.39, 0.29) is 41.5 Å². The first kappa shape index (κ1) is 45.9. The number of hydrogen-bond acceptors (Lipinski definition) is 9. The Morgan fingerprint density at radius 2 is 1.44 bits per heavy atom. The van der Waals surface area contributed by atoms with E-state index in [4.69, 9.17) is 4.74 Å². The summed E-state index contributed by atoms with van der Waals surface area (Å²) in [4.78, 5) is 54.4. The molecule has 3 saturated heterocycles. The summed E-state index contributed by atoms with van der Waals surface area (Å²) < 4.78 is 6.78. The van der Waals surface area contributed by atoms with Gasteiger partial charge in [-0.2, -0.15) is 5.10 Å². The molecule has 0 spiro atoms. The number of methoxy groups -OCH3 is 1. The van der Waals surface area contributed by atoms with Gasteiger partial charge in [0.25, 0.3) is 5.91 Å². The van der Waals surface area contributed by atoms with Crippen LogP contribution in [0.4, 0.5) is 16.3 Å². The van der Waals surface area contributed by atoms with Gasteiger partial charge in [0.1, 0.15) is 11.9 Å². The number of carbonyl (C=O) groups excluding carboxylic acids is 4. The van der Waals surface area contributed by atoms with Crippen molar-refractivity contribution >= 4 is 35.3 Å². The van der Waals surface area contributed by atoms with Crippen molar-refractivity contribution in [3.05, 3.63) is 108 Å². The fourth-order valence-electron chi connectivity index (χ4n) is 8.28. The van der Waals surface area contributed by atoms with Crippen molar-refractivity contribution in [3.8, 4) is 5.69 Å². The highest BCUT2D eigenvalue weighted by Crippen LogP contribution is 2.29. The first-order valence-electron chi connectivity index (χ1n) is 22.5. The van der Waals surface area contributed by atoms with Gasteiger partial charge in [-0.1, -0.05) is 92.4 Å². The number of anilines is 2. The van der Waals surface area contributed by atoms with Crippen LogP contribution in [-0.2, 0) is 14.3 Å². The highest BCUT2D eigenvalue weighted by molar-refractivity contribution is 6.01. The number of ether oxygens (including phenoxy) is 1. The molecule has 332 valence electrons. The Morgan fingerprint density at radius 3 is 2.13 bits per heavy atom. The van der Waals surface area contributed by atoms with E-state index in [9.17, 15) is 19.2 Å². The van der Waals surface area contributed by atoms with Gasteiger partial charge in [0.05, 0.1) is 12.3 Å². The van der Waals surface area contributed by atoms with Crippen molar-refractivity contribution < 1.29 is 23.9 Å². The summed E-state index contributed by atoms with van der Waals surface area (Å²) >= 11 is 0. The summed E-state index contributed by atoms with van der Waals surface area (Å²) in [7, 11) is 1.69. The van der Waals surface area contributed by atoms with Crippen LogP contribution in [0.3, 0.4) is 0 Å². The topological polar surface area (TPSA) is 162 Å². The SMILES string of the molecule is COCCN1CCC(NC(=O)Nc2cc(C(=O)NCCCCCCCCN3CCC(c4ccc(NC5CCC(=O)NC5=O)cc4)CC3)nn2-c2ccccc2)C1.c1ccccc1. The van der Waals surface area contributed by atoms with Gasteiger partial charge in [-0.3, -0.25) is 29.9 Å². The van der Waals surface area contributed by atoms with Crippen LogP contribution in [0, 0.1) is 0 Å². The molecule has 3 aliphatic rings. The molecule has 5 amide bonds. The third-order valence-corrected chi connectivity index (χ3v) is 11.8. The summed E-state index contributed by atoms with van der Waals surface area (Å²) in [5, 5.41) is 19.2. The van der Waals surface area contributed by atoms with E-state index >= 15 is 0 Å². The zero-order valence-corrected chi connectivity index (χ0v) is 36.2. The third-order valence-electron chi connectivity index (χ3n) is 11.8. The molecule has 0 bridgehead atoms. The molecule has 1 aromatic heterocycles. The molecule has 0 radical (unpaired) electrons. The van der Waals surface area contributed by atoms with E-state index in [1.165, 1.54) is 24.8 Å². The van der Waals surface area contributed by atoms with E-state index in [1.807, 2.05) is 78.9 Å². The molecule has 3 fully saturated rings. The van der Waals surface area contributed by atoms with E-state index in [0.29, 0.717) is 37.7 Å². The maximum absolute atomic E-state index is 13.1. The molecule has 14 nitrogen and oxygen atoms in total. The molecule has 62 heavy (non-hydrogen) atoms. The van der Waals surface area contributed by atoms with Crippen molar-refractivity contribution in [1.82, 2.24) is 35.5 Å². The fourth-order valence-corrected chi connectivity index (χ4v) is 8.28. The van der Waals surface area contributed by atoms with Crippen LogP contribution < -0.4 is 26.6 Å². The number of unbranched alkanes of at least 4 members (excludes halogenated alkanes) is 5. The number of para-hydroxylation sites is 1. The number of aromatic nitrogens is 2. The molecule has 14 heteroatoms. The lowest BCUT2D eigenvalue weighted by Crippen LogP contribution is -2.47. The number of benzene rings is 3. The molecule has 5 N–H and O–H groups in total. The number of likely N-dealkylation sites (tertiary alicyclic amines) is 2. The standard InChI is InChI=1S/C42H59N9O5.C6H6/c1-56-28-27-50-26-21-34(30-50)45-42(55)46-38-29-37(48-51(38)35-11-7-6-8-12-35)40(53)43-22-9-4-2-3-5-10-23-49-24-19-32(20-25-49)31-13-15-33(16-14-31)44-36-17-18-39(52)47-41(36)54;1-2-4-6-5-3-1/h6-8,11-16,29,32,34,36,44H,2-5,9-10,17-28,30H2,1H3,(H,43,53)(H2,45,46,55)(H,47,52,54);1-6H. The van der Waals surface area contributed by atoms with E-state index < -0.39 is 0 Å². The molecule has 4 aromatic rings. The largest absolute Gasteiger partial charge is 0.383 e. The molecule has 3 aliphatic heterocycles. The van der Waals surface area contributed by atoms with E-state index in [0.717, 1.165) is 89.2 Å². The Kier molecular flexibility index (Phi) is 18.4. The molecule has 7 rings (SSSR count). The van der Waals surface area contributed by atoms with Gasteiger partial charge in [-0.05, 0) is 93.9 Å². The molecular weight excluding hydrogens is 783 g/mol. The zero-order chi connectivity index (χ0) is 43.4. The highest BCUT2D eigenvalue weighted by atomic mass is 16.5. The van der Waals surface area contributed by atoms with Gasteiger partial charge in [-0.25, -0.2) is 9.48 Å². The van der Waals surface area contributed by atoms with Crippen LogP contribution in [0.15, 0.2) is 97.1 Å². The normalized spacial score (nSPS) is 18.3. The maximum atomic E-state index is 13.1. The number of hydrogen-bond donors (Lipinski definition) is 5. The number of carbonyl (C=O) groups is 4. The fraction of sp³-hybridized carbons (Fsp3) is 0.479. The summed E-state index contributed by atoms with van der Waals surface area (Å²) in [6.45, 7) is 7.14. The number of nitrogens with one attached hydrogen (secondary N) is 5. The number of amides is 5. The number of piperidine rings is 2. The Morgan fingerprint density at radius 1 is 0.774 bits per heavy atom. The number of imide groups is 1.